The van der Waals surface area contributed by atoms with E-state index >= 15 is 0 Å². The van der Waals surface area contributed by atoms with Crippen molar-refractivity contribution in [2.24, 2.45) is 4.99 Å². The molecule has 0 aliphatic rings. The maximum Gasteiger partial charge on any atom is 0.401 e. The molecule has 0 heterocycles. The molecule has 0 aliphatic heterocycles. The van der Waals surface area contributed by atoms with Crippen LogP contribution in [-0.2, 0) is 6.42 Å². The van der Waals surface area contributed by atoms with Crippen molar-refractivity contribution in [1.29, 1.82) is 0 Å². The number of nitrogens with zero attached hydrogens (tertiary/aromatic N) is 2. The van der Waals surface area contributed by atoms with Crippen LogP contribution in [0, 0.1) is 0 Å². The summed E-state index contributed by atoms with van der Waals surface area (Å²) in [5, 5.41) is 8.66. The number of nitrogens with one attached hydrogen (secondary N) is 3. The van der Waals surface area contributed by atoms with Crippen LogP contribution in [0.1, 0.15) is 15.9 Å². The van der Waals surface area contributed by atoms with E-state index in [1.165, 1.54) is 11.9 Å². The van der Waals surface area contributed by atoms with E-state index in [1.54, 1.807) is 20.2 Å². The summed E-state index contributed by atoms with van der Waals surface area (Å²) in [5.41, 5.74) is 1.60. The Morgan fingerprint density at radius 1 is 1.23 bits per heavy atom. The van der Waals surface area contributed by atoms with Gasteiger partial charge in [-0.2, -0.15) is 13.2 Å². The maximum absolute atomic E-state index is 12.3. The molecule has 6 nitrogen and oxygen atoms in total. The van der Waals surface area contributed by atoms with Gasteiger partial charge in [0, 0.05) is 39.3 Å². The normalized spacial score (nSPS) is 12.2. The van der Waals surface area contributed by atoms with E-state index < -0.39 is 12.7 Å². The molecule has 0 saturated carbocycles. The molecule has 3 N–H and O–H groups in total. The lowest BCUT2D eigenvalue weighted by atomic mass is 10.1. The molecule has 26 heavy (non-hydrogen) atoms. The first-order chi connectivity index (χ1) is 12.2. The van der Waals surface area contributed by atoms with Gasteiger partial charge in [-0.05, 0) is 31.2 Å². The van der Waals surface area contributed by atoms with Gasteiger partial charge in [-0.15, -0.1) is 0 Å². The first-order valence-corrected chi connectivity index (χ1v) is 8.26. The SMILES string of the molecule is CN=C(NCCc1cccc(C(=O)NC)c1)NCCN(C)CC(F)(F)F. The fraction of sp³-hybridized carbons (Fsp3) is 0.529. The highest BCUT2D eigenvalue weighted by atomic mass is 19.4. The minimum atomic E-state index is -4.20. The Balaban J connectivity index is 2.36. The molecule has 146 valence electrons. The van der Waals surface area contributed by atoms with E-state index in [2.05, 4.69) is 20.9 Å². The molecule has 0 bridgehead atoms. The van der Waals surface area contributed by atoms with Crippen LogP contribution in [0.25, 0.3) is 0 Å². The molecule has 0 atom stereocenters. The quantitative estimate of drug-likeness (QED) is 0.474. The van der Waals surface area contributed by atoms with E-state index in [0.29, 0.717) is 31.0 Å². The number of benzene rings is 1. The highest BCUT2D eigenvalue weighted by Gasteiger charge is 2.28. The summed E-state index contributed by atoms with van der Waals surface area (Å²) in [6, 6.07) is 7.32. The predicted molar refractivity (Wildman–Crippen MR) is 96.5 cm³/mol. The van der Waals surface area contributed by atoms with Crippen LogP contribution in [0.4, 0.5) is 13.2 Å². The Labute approximate surface area is 151 Å². The van der Waals surface area contributed by atoms with Crippen LogP contribution >= 0.6 is 0 Å². The zero-order chi connectivity index (χ0) is 19.6. The summed E-state index contributed by atoms with van der Waals surface area (Å²) in [6.45, 7) is 0.227. The molecule has 1 rings (SSSR count). The van der Waals surface area contributed by atoms with Crippen molar-refractivity contribution in [3.8, 4) is 0 Å². The largest absolute Gasteiger partial charge is 0.401 e. The lowest BCUT2D eigenvalue weighted by molar-refractivity contribution is -0.142. The molecular weight excluding hydrogens is 347 g/mol. The highest BCUT2D eigenvalue weighted by molar-refractivity contribution is 5.94. The molecule has 0 saturated heterocycles. The zero-order valence-corrected chi connectivity index (χ0v) is 15.3. The number of hydrogen-bond donors (Lipinski definition) is 3. The lowest BCUT2D eigenvalue weighted by Gasteiger charge is -2.19. The average molecular weight is 373 g/mol. The van der Waals surface area contributed by atoms with Crippen LogP contribution in [-0.4, -0.2) is 70.3 Å². The Morgan fingerprint density at radius 2 is 1.92 bits per heavy atom. The summed E-state index contributed by atoms with van der Waals surface area (Å²) in [6.07, 6.45) is -3.52. The second kappa shape index (κ2) is 10.6. The monoisotopic (exact) mass is 373 g/mol. The van der Waals surface area contributed by atoms with Gasteiger partial charge in [-0.25, -0.2) is 0 Å². The number of amides is 1. The van der Waals surface area contributed by atoms with Crippen molar-refractivity contribution in [3.63, 3.8) is 0 Å². The van der Waals surface area contributed by atoms with Crippen molar-refractivity contribution >= 4 is 11.9 Å². The summed E-state index contributed by atoms with van der Waals surface area (Å²) in [7, 11) is 4.60. The second-order valence-electron chi connectivity index (χ2n) is 5.81. The van der Waals surface area contributed by atoms with Gasteiger partial charge in [0.2, 0.25) is 0 Å². The number of likely N-dealkylation sites (N-methyl/N-ethyl adjacent to an activating group) is 1. The van der Waals surface area contributed by atoms with E-state index in [-0.39, 0.29) is 12.5 Å². The van der Waals surface area contributed by atoms with Crippen molar-refractivity contribution in [1.82, 2.24) is 20.9 Å². The van der Waals surface area contributed by atoms with Crippen molar-refractivity contribution in [2.45, 2.75) is 12.6 Å². The first kappa shape index (κ1) is 21.8. The number of carbonyl (C=O) groups is 1. The number of halogens is 3. The third-order valence-corrected chi connectivity index (χ3v) is 3.58. The minimum absolute atomic E-state index is 0.139. The highest BCUT2D eigenvalue weighted by Crippen LogP contribution is 2.14. The van der Waals surface area contributed by atoms with Gasteiger partial charge in [0.1, 0.15) is 0 Å². The van der Waals surface area contributed by atoms with Crippen LogP contribution in [0.3, 0.4) is 0 Å². The summed E-state index contributed by atoms with van der Waals surface area (Å²) in [4.78, 5) is 16.9. The standard InChI is InChI=1S/C17H26F3N5O/c1-21-15(26)14-6-4-5-13(11-14)7-8-23-16(22-2)24-9-10-25(3)12-17(18,19)20/h4-6,11H,7-10,12H2,1-3H3,(H,21,26)(H2,22,23,24). The fourth-order valence-electron chi connectivity index (χ4n) is 2.31. The molecule has 1 aromatic carbocycles. The van der Waals surface area contributed by atoms with Crippen molar-refractivity contribution in [2.75, 3.05) is 47.3 Å². The van der Waals surface area contributed by atoms with Gasteiger partial charge in [0.25, 0.3) is 5.91 Å². The molecule has 1 amide bonds. The van der Waals surface area contributed by atoms with E-state index in [9.17, 15) is 18.0 Å². The number of alkyl halides is 3. The maximum atomic E-state index is 12.3. The molecule has 0 aliphatic carbocycles. The van der Waals surface area contributed by atoms with Gasteiger partial charge in [0.15, 0.2) is 5.96 Å². The molecule has 1 aromatic rings. The summed E-state index contributed by atoms with van der Waals surface area (Å²) < 4.78 is 36.8. The molecule has 0 unspecified atom stereocenters. The Bertz CT molecular complexity index is 604. The Morgan fingerprint density at radius 3 is 2.54 bits per heavy atom. The number of aliphatic imine (C=N–C) groups is 1. The summed E-state index contributed by atoms with van der Waals surface area (Å²) >= 11 is 0. The van der Waals surface area contributed by atoms with Crippen molar-refractivity contribution in [3.05, 3.63) is 35.4 Å². The predicted octanol–water partition coefficient (Wildman–Crippen LogP) is 1.25. The minimum Gasteiger partial charge on any atom is -0.356 e. The zero-order valence-electron chi connectivity index (χ0n) is 15.3. The topological polar surface area (TPSA) is 68.8 Å². The smallest absolute Gasteiger partial charge is 0.356 e. The van der Waals surface area contributed by atoms with Gasteiger partial charge in [-0.1, -0.05) is 12.1 Å². The molecule has 0 radical (unpaired) electrons. The fourth-order valence-corrected chi connectivity index (χ4v) is 2.31. The number of rotatable bonds is 8. The van der Waals surface area contributed by atoms with Crippen LogP contribution in [0.5, 0.6) is 0 Å². The van der Waals surface area contributed by atoms with E-state index in [0.717, 1.165) is 5.56 Å². The Kier molecular flexibility index (Phi) is 8.91. The van der Waals surface area contributed by atoms with E-state index in [4.69, 9.17) is 0 Å². The van der Waals surface area contributed by atoms with Crippen LogP contribution < -0.4 is 16.0 Å². The van der Waals surface area contributed by atoms with Gasteiger partial charge in [-0.3, -0.25) is 14.7 Å². The number of hydrogen-bond acceptors (Lipinski definition) is 3. The first-order valence-electron chi connectivity index (χ1n) is 8.26. The number of guanidine groups is 1. The van der Waals surface area contributed by atoms with Crippen molar-refractivity contribution < 1.29 is 18.0 Å². The Hall–Kier alpha value is -2.29. The van der Waals surface area contributed by atoms with Crippen LogP contribution in [0.2, 0.25) is 0 Å². The molecule has 0 fully saturated rings. The molecule has 9 heteroatoms. The second-order valence-corrected chi connectivity index (χ2v) is 5.81. The third-order valence-electron chi connectivity index (χ3n) is 3.58. The lowest BCUT2D eigenvalue weighted by Crippen LogP contribution is -2.43. The van der Waals surface area contributed by atoms with Gasteiger partial charge < -0.3 is 16.0 Å². The van der Waals surface area contributed by atoms with E-state index in [1.807, 2.05) is 18.2 Å². The molecular formula is C17H26F3N5O. The van der Waals surface area contributed by atoms with Crippen LogP contribution in [0.15, 0.2) is 29.3 Å². The summed E-state index contributed by atoms with van der Waals surface area (Å²) in [5.74, 6) is 0.383. The van der Waals surface area contributed by atoms with Gasteiger partial charge in [0.05, 0.1) is 6.54 Å². The third kappa shape index (κ3) is 8.70. The molecule has 0 spiro atoms. The average Bonchev–Trinajstić information content (AvgIpc) is 2.58. The number of carbonyl (C=O) groups excluding carboxylic acids is 1. The molecule has 0 aromatic heterocycles. The van der Waals surface area contributed by atoms with Gasteiger partial charge >= 0.3 is 6.18 Å².